The lowest BCUT2D eigenvalue weighted by Crippen LogP contribution is -2.20. The summed E-state index contributed by atoms with van der Waals surface area (Å²) in [7, 11) is 0. The van der Waals surface area contributed by atoms with Gasteiger partial charge in [-0.3, -0.25) is 0 Å². The summed E-state index contributed by atoms with van der Waals surface area (Å²) in [4.78, 5) is 2.13. The summed E-state index contributed by atoms with van der Waals surface area (Å²) >= 11 is 0. The van der Waals surface area contributed by atoms with Crippen LogP contribution in [0.3, 0.4) is 0 Å². The van der Waals surface area contributed by atoms with Gasteiger partial charge < -0.3 is 9.32 Å². The molecule has 0 aliphatic heterocycles. The third-order valence-corrected chi connectivity index (χ3v) is 3.18. The molecule has 2 aromatic rings. The number of hydrogen-bond acceptors (Lipinski definition) is 3. The van der Waals surface area contributed by atoms with Gasteiger partial charge in [-0.25, -0.2) is 0 Å². The number of hydrogen-bond donors (Lipinski definition) is 0. The van der Waals surface area contributed by atoms with Gasteiger partial charge in [0.25, 0.3) is 0 Å². The molecule has 102 valence electrons. The van der Waals surface area contributed by atoms with E-state index in [9.17, 15) is 5.26 Å². The van der Waals surface area contributed by atoms with Gasteiger partial charge in [0, 0.05) is 19.2 Å². The Morgan fingerprint density at radius 3 is 2.45 bits per heavy atom. The summed E-state index contributed by atoms with van der Waals surface area (Å²) in [6.45, 7) is 5.98. The lowest BCUT2D eigenvalue weighted by Gasteiger charge is -2.16. The third kappa shape index (κ3) is 3.10. The molecule has 0 spiro atoms. The Morgan fingerprint density at radius 2 is 1.85 bits per heavy atom. The first-order valence-corrected chi connectivity index (χ1v) is 6.80. The second kappa shape index (κ2) is 6.63. The number of nitrogens with zero attached hydrogens (tertiary/aromatic N) is 2. The molecule has 0 saturated carbocycles. The molecule has 0 radical (unpaired) electrons. The Labute approximate surface area is 119 Å². The van der Waals surface area contributed by atoms with Gasteiger partial charge in [0.05, 0.1) is 11.6 Å². The van der Waals surface area contributed by atoms with Gasteiger partial charge in [0.1, 0.15) is 5.76 Å². The van der Waals surface area contributed by atoms with Crippen LogP contribution < -0.4 is 4.90 Å². The minimum Gasteiger partial charge on any atom is -0.441 e. The van der Waals surface area contributed by atoms with E-state index in [0.29, 0.717) is 11.3 Å². The molecular weight excluding hydrogens is 248 g/mol. The average molecular weight is 266 g/mol. The molecule has 0 unspecified atom stereocenters. The quantitative estimate of drug-likeness (QED) is 0.762. The average Bonchev–Trinajstić information content (AvgIpc) is 2.95. The highest BCUT2D eigenvalue weighted by molar-refractivity contribution is 5.88. The van der Waals surface area contributed by atoms with Crippen molar-refractivity contribution in [3.63, 3.8) is 0 Å². The fourth-order valence-corrected chi connectivity index (χ4v) is 2.07. The summed E-state index contributed by atoms with van der Waals surface area (Å²) in [6, 6.07) is 15.7. The Morgan fingerprint density at radius 1 is 1.15 bits per heavy atom. The smallest absolute Gasteiger partial charge is 0.196 e. The van der Waals surface area contributed by atoms with Crippen molar-refractivity contribution in [2.75, 3.05) is 18.0 Å². The van der Waals surface area contributed by atoms with Crippen molar-refractivity contribution in [1.29, 1.82) is 5.26 Å². The molecule has 0 saturated heterocycles. The minimum atomic E-state index is 0.603. The number of furan rings is 1. The first-order chi connectivity index (χ1) is 9.78. The summed E-state index contributed by atoms with van der Waals surface area (Å²) < 4.78 is 5.78. The number of benzene rings is 1. The van der Waals surface area contributed by atoms with Crippen LogP contribution >= 0.6 is 0 Å². The number of nitriles is 1. The van der Waals surface area contributed by atoms with Crippen LogP contribution in [0, 0.1) is 11.3 Å². The van der Waals surface area contributed by atoms with Crippen LogP contribution in [0.25, 0.3) is 11.6 Å². The summed E-state index contributed by atoms with van der Waals surface area (Å²) in [5.74, 6) is 1.54. The maximum Gasteiger partial charge on any atom is 0.196 e. The van der Waals surface area contributed by atoms with Crippen LogP contribution in [0.15, 0.2) is 46.9 Å². The summed E-state index contributed by atoms with van der Waals surface area (Å²) in [5.41, 5.74) is 1.50. The van der Waals surface area contributed by atoms with Crippen LogP contribution in [0.4, 0.5) is 5.88 Å². The zero-order valence-electron chi connectivity index (χ0n) is 11.8. The first kappa shape index (κ1) is 14.0. The molecule has 20 heavy (non-hydrogen) atoms. The highest BCUT2D eigenvalue weighted by atomic mass is 16.4. The molecular formula is C17H18N2O. The zero-order chi connectivity index (χ0) is 14.4. The van der Waals surface area contributed by atoms with E-state index in [1.165, 1.54) is 0 Å². The Bertz CT molecular complexity index is 616. The SMILES string of the molecule is CCN(CC)c1ccc(/C=C(\C#N)c2ccccc2)o1. The second-order valence-electron chi connectivity index (χ2n) is 4.38. The van der Waals surface area contributed by atoms with Crippen molar-refractivity contribution < 1.29 is 4.42 Å². The van der Waals surface area contributed by atoms with Gasteiger partial charge in [-0.2, -0.15) is 5.26 Å². The predicted octanol–water partition coefficient (Wildman–Crippen LogP) is 4.19. The molecule has 1 aromatic carbocycles. The topological polar surface area (TPSA) is 40.2 Å². The van der Waals surface area contributed by atoms with Crippen LogP contribution in [-0.2, 0) is 0 Å². The van der Waals surface area contributed by atoms with Gasteiger partial charge in [-0.15, -0.1) is 0 Å². The molecule has 0 aliphatic carbocycles. The van der Waals surface area contributed by atoms with Crippen molar-refractivity contribution >= 4 is 17.5 Å². The number of rotatable bonds is 5. The molecule has 0 aliphatic rings. The molecule has 3 heteroatoms. The Balaban J connectivity index is 2.28. The van der Waals surface area contributed by atoms with E-state index < -0.39 is 0 Å². The maximum atomic E-state index is 9.28. The van der Waals surface area contributed by atoms with Crippen molar-refractivity contribution in [3.8, 4) is 6.07 Å². The first-order valence-electron chi connectivity index (χ1n) is 6.80. The molecule has 0 fully saturated rings. The minimum absolute atomic E-state index is 0.603. The molecule has 0 amide bonds. The molecule has 0 atom stereocenters. The van der Waals surface area contributed by atoms with Gasteiger partial charge >= 0.3 is 0 Å². The van der Waals surface area contributed by atoms with Crippen LogP contribution in [0.1, 0.15) is 25.2 Å². The van der Waals surface area contributed by atoms with E-state index in [4.69, 9.17) is 4.42 Å². The normalized spacial score (nSPS) is 11.2. The maximum absolute atomic E-state index is 9.28. The summed E-state index contributed by atoms with van der Waals surface area (Å²) in [5, 5.41) is 9.28. The van der Waals surface area contributed by atoms with Crippen molar-refractivity contribution in [3.05, 3.63) is 53.8 Å². The van der Waals surface area contributed by atoms with Gasteiger partial charge in [-0.05, 0) is 31.6 Å². The largest absolute Gasteiger partial charge is 0.441 e. The second-order valence-corrected chi connectivity index (χ2v) is 4.38. The fraction of sp³-hybridized carbons (Fsp3) is 0.235. The van der Waals surface area contributed by atoms with E-state index in [2.05, 4.69) is 24.8 Å². The van der Waals surface area contributed by atoms with Crippen molar-refractivity contribution in [2.24, 2.45) is 0 Å². The number of allylic oxidation sites excluding steroid dienone is 1. The predicted molar refractivity (Wildman–Crippen MR) is 82.2 cm³/mol. The third-order valence-electron chi connectivity index (χ3n) is 3.18. The van der Waals surface area contributed by atoms with Crippen LogP contribution in [0.2, 0.25) is 0 Å². The zero-order valence-corrected chi connectivity index (χ0v) is 11.8. The number of anilines is 1. The van der Waals surface area contributed by atoms with Crippen molar-refractivity contribution in [2.45, 2.75) is 13.8 Å². The molecule has 0 N–H and O–H groups in total. The highest BCUT2D eigenvalue weighted by Gasteiger charge is 2.07. The van der Waals surface area contributed by atoms with Crippen molar-refractivity contribution in [1.82, 2.24) is 0 Å². The van der Waals surface area contributed by atoms with Gasteiger partial charge in [0.15, 0.2) is 5.88 Å². The van der Waals surface area contributed by atoms with E-state index in [1.54, 1.807) is 6.08 Å². The Hall–Kier alpha value is -2.47. The molecule has 2 rings (SSSR count). The highest BCUT2D eigenvalue weighted by Crippen LogP contribution is 2.23. The lowest BCUT2D eigenvalue weighted by molar-refractivity contribution is 0.541. The van der Waals surface area contributed by atoms with E-state index in [1.807, 2.05) is 42.5 Å². The molecule has 1 aromatic heterocycles. The standard InChI is InChI=1S/C17H18N2O/c1-3-19(4-2)17-11-10-16(20-17)12-15(13-18)14-8-6-5-7-9-14/h5-12H,3-4H2,1-2H3/b15-12+. The molecule has 1 heterocycles. The van der Waals surface area contributed by atoms with E-state index >= 15 is 0 Å². The summed E-state index contributed by atoms with van der Waals surface area (Å²) in [6.07, 6.45) is 1.78. The van der Waals surface area contributed by atoms with Crippen LogP contribution in [0.5, 0.6) is 0 Å². The monoisotopic (exact) mass is 266 g/mol. The van der Waals surface area contributed by atoms with Gasteiger partial charge in [0.2, 0.25) is 0 Å². The lowest BCUT2D eigenvalue weighted by atomic mass is 10.1. The van der Waals surface area contributed by atoms with E-state index in [-0.39, 0.29) is 0 Å². The van der Waals surface area contributed by atoms with E-state index in [0.717, 1.165) is 24.5 Å². The molecule has 0 bridgehead atoms. The van der Waals surface area contributed by atoms with Gasteiger partial charge in [-0.1, -0.05) is 30.3 Å². The molecule has 3 nitrogen and oxygen atoms in total. The Kier molecular flexibility index (Phi) is 4.62. The van der Waals surface area contributed by atoms with Crippen LogP contribution in [-0.4, -0.2) is 13.1 Å². The fourth-order valence-electron chi connectivity index (χ4n) is 2.07.